The number of non-ortho nitro benzene ring substituents is 1. The van der Waals surface area contributed by atoms with Gasteiger partial charge in [0.2, 0.25) is 0 Å². The number of rotatable bonds is 4. The van der Waals surface area contributed by atoms with Crippen LogP contribution in [-0.2, 0) is 4.79 Å². The van der Waals surface area contributed by atoms with Gasteiger partial charge in [-0.05, 0) is 43.1 Å². The Labute approximate surface area is 111 Å². The Bertz CT molecular complexity index is 478. The number of hydrogen-bond donors (Lipinski definition) is 1. The highest BCUT2D eigenvalue weighted by atomic mass is 16.6. The van der Waals surface area contributed by atoms with Crippen LogP contribution in [0.25, 0.3) is 0 Å². The van der Waals surface area contributed by atoms with Gasteiger partial charge in [-0.1, -0.05) is 12.1 Å². The lowest BCUT2D eigenvalue weighted by Gasteiger charge is -2.27. The summed E-state index contributed by atoms with van der Waals surface area (Å²) in [7, 11) is 0. The van der Waals surface area contributed by atoms with E-state index >= 15 is 0 Å². The van der Waals surface area contributed by atoms with Crippen molar-refractivity contribution >= 4 is 11.7 Å². The summed E-state index contributed by atoms with van der Waals surface area (Å²) in [6, 6.07) is 6.79. The van der Waals surface area contributed by atoms with E-state index in [1.165, 1.54) is 6.07 Å². The van der Waals surface area contributed by atoms with Crippen molar-refractivity contribution in [3.63, 3.8) is 0 Å². The quantitative estimate of drug-likeness (QED) is 0.667. The van der Waals surface area contributed by atoms with Gasteiger partial charge in [-0.2, -0.15) is 0 Å². The van der Waals surface area contributed by atoms with Crippen LogP contribution in [0.1, 0.15) is 43.6 Å². The van der Waals surface area contributed by atoms with Crippen LogP contribution in [0.15, 0.2) is 24.3 Å². The van der Waals surface area contributed by atoms with Gasteiger partial charge in [-0.15, -0.1) is 0 Å². The summed E-state index contributed by atoms with van der Waals surface area (Å²) in [6.45, 7) is 0. The fourth-order valence-corrected chi connectivity index (χ4v) is 2.84. The highest BCUT2D eigenvalue weighted by Crippen LogP contribution is 2.37. The average Bonchev–Trinajstić information content (AvgIpc) is 2.39. The van der Waals surface area contributed by atoms with Crippen LogP contribution in [0.4, 0.5) is 5.69 Å². The Morgan fingerprint density at radius 3 is 2.58 bits per heavy atom. The molecule has 1 aliphatic rings. The van der Waals surface area contributed by atoms with Crippen LogP contribution in [0.2, 0.25) is 0 Å². The molecule has 0 aromatic heterocycles. The van der Waals surface area contributed by atoms with E-state index in [-0.39, 0.29) is 22.9 Å². The Hall–Kier alpha value is -1.91. The van der Waals surface area contributed by atoms with Gasteiger partial charge in [-0.3, -0.25) is 14.9 Å². The summed E-state index contributed by atoms with van der Waals surface area (Å²) in [6.07, 6.45) is 3.85. The fraction of sp³-hybridized carbons (Fsp3) is 0.500. The van der Waals surface area contributed by atoms with Crippen molar-refractivity contribution in [1.82, 2.24) is 0 Å². The average molecular weight is 263 g/mol. The highest BCUT2D eigenvalue weighted by Gasteiger charge is 2.24. The summed E-state index contributed by atoms with van der Waals surface area (Å²) < 4.78 is 0. The third kappa shape index (κ3) is 3.53. The second-order valence-corrected chi connectivity index (χ2v) is 5.17. The van der Waals surface area contributed by atoms with E-state index in [9.17, 15) is 14.9 Å². The minimum atomic E-state index is -0.737. The van der Waals surface area contributed by atoms with Crippen LogP contribution in [0.5, 0.6) is 0 Å². The number of nitrogens with zero attached hydrogens (tertiary/aromatic N) is 1. The van der Waals surface area contributed by atoms with Crippen molar-refractivity contribution in [2.24, 2.45) is 5.92 Å². The van der Waals surface area contributed by atoms with Crippen molar-refractivity contribution in [3.8, 4) is 0 Å². The highest BCUT2D eigenvalue weighted by molar-refractivity contribution is 5.67. The zero-order valence-electron chi connectivity index (χ0n) is 10.6. The van der Waals surface area contributed by atoms with E-state index < -0.39 is 5.97 Å². The van der Waals surface area contributed by atoms with Gasteiger partial charge in [0.05, 0.1) is 4.92 Å². The first kappa shape index (κ1) is 13.5. The molecule has 1 fully saturated rings. The number of nitro benzene ring substituents is 1. The molecule has 0 aliphatic heterocycles. The van der Waals surface area contributed by atoms with Crippen molar-refractivity contribution in [2.75, 3.05) is 0 Å². The van der Waals surface area contributed by atoms with Crippen LogP contribution in [-0.4, -0.2) is 16.0 Å². The minimum absolute atomic E-state index is 0.130. The van der Waals surface area contributed by atoms with E-state index in [4.69, 9.17) is 5.11 Å². The predicted octanol–water partition coefficient (Wildman–Crippen LogP) is 3.34. The van der Waals surface area contributed by atoms with E-state index in [1.807, 2.05) is 6.07 Å². The molecule has 2 rings (SSSR count). The second kappa shape index (κ2) is 5.82. The van der Waals surface area contributed by atoms with Gasteiger partial charge in [0, 0.05) is 18.6 Å². The Morgan fingerprint density at radius 1 is 1.32 bits per heavy atom. The largest absolute Gasteiger partial charge is 0.481 e. The fourth-order valence-electron chi connectivity index (χ4n) is 2.84. The summed E-state index contributed by atoms with van der Waals surface area (Å²) in [5.74, 6) is -0.156. The zero-order valence-corrected chi connectivity index (χ0v) is 10.6. The summed E-state index contributed by atoms with van der Waals surface area (Å²) in [4.78, 5) is 21.0. The number of carboxylic acid groups (broad SMARTS) is 1. The van der Waals surface area contributed by atoms with Gasteiger partial charge in [0.1, 0.15) is 0 Å². The van der Waals surface area contributed by atoms with Gasteiger partial charge in [0.15, 0.2) is 0 Å². The molecule has 0 spiro atoms. The molecule has 0 radical (unpaired) electrons. The van der Waals surface area contributed by atoms with Gasteiger partial charge >= 0.3 is 5.97 Å². The topological polar surface area (TPSA) is 80.4 Å². The number of carboxylic acids is 1. The first-order valence-electron chi connectivity index (χ1n) is 6.52. The lowest BCUT2D eigenvalue weighted by molar-refractivity contribution is -0.384. The van der Waals surface area contributed by atoms with Gasteiger partial charge < -0.3 is 5.11 Å². The normalized spacial score (nSPS) is 22.9. The monoisotopic (exact) mass is 263 g/mol. The lowest BCUT2D eigenvalue weighted by Crippen LogP contribution is -2.16. The van der Waals surface area contributed by atoms with Crippen molar-refractivity contribution in [1.29, 1.82) is 0 Å². The molecule has 0 bridgehead atoms. The van der Waals surface area contributed by atoms with Crippen molar-refractivity contribution < 1.29 is 14.8 Å². The Balaban J connectivity index is 1.99. The molecule has 0 unspecified atom stereocenters. The molecule has 1 aromatic rings. The van der Waals surface area contributed by atoms with Crippen LogP contribution in [0.3, 0.4) is 0 Å². The molecule has 0 heterocycles. The third-order valence-electron chi connectivity index (χ3n) is 3.86. The van der Waals surface area contributed by atoms with Crippen LogP contribution < -0.4 is 0 Å². The predicted molar refractivity (Wildman–Crippen MR) is 70.0 cm³/mol. The number of nitro groups is 1. The maximum atomic E-state index is 10.7. The minimum Gasteiger partial charge on any atom is -0.481 e. The standard InChI is InChI=1S/C14H17NO4/c16-14(17)8-10-4-6-11(7-5-10)12-2-1-3-13(9-12)15(18)19/h1-3,9-11H,4-8H2,(H,16,17). The maximum absolute atomic E-state index is 10.7. The number of carbonyl (C=O) groups is 1. The van der Waals surface area contributed by atoms with E-state index in [0.29, 0.717) is 5.92 Å². The molecule has 0 atom stereocenters. The van der Waals surface area contributed by atoms with Crippen LogP contribution >= 0.6 is 0 Å². The zero-order chi connectivity index (χ0) is 13.8. The third-order valence-corrected chi connectivity index (χ3v) is 3.86. The molecular formula is C14H17NO4. The Morgan fingerprint density at radius 2 is 2.00 bits per heavy atom. The molecular weight excluding hydrogens is 246 g/mol. The van der Waals surface area contributed by atoms with Gasteiger partial charge in [-0.25, -0.2) is 0 Å². The molecule has 1 aliphatic carbocycles. The van der Waals surface area contributed by atoms with E-state index in [2.05, 4.69) is 0 Å². The second-order valence-electron chi connectivity index (χ2n) is 5.17. The first-order valence-corrected chi connectivity index (χ1v) is 6.52. The van der Waals surface area contributed by atoms with E-state index in [0.717, 1.165) is 31.2 Å². The maximum Gasteiger partial charge on any atom is 0.303 e. The molecule has 102 valence electrons. The van der Waals surface area contributed by atoms with Crippen molar-refractivity contribution in [2.45, 2.75) is 38.0 Å². The smallest absolute Gasteiger partial charge is 0.303 e. The molecule has 19 heavy (non-hydrogen) atoms. The number of aliphatic carboxylic acids is 1. The Kier molecular flexibility index (Phi) is 4.14. The summed E-state index contributed by atoms with van der Waals surface area (Å²) in [5, 5.41) is 19.5. The summed E-state index contributed by atoms with van der Waals surface area (Å²) >= 11 is 0. The molecule has 1 aromatic carbocycles. The van der Waals surface area contributed by atoms with E-state index in [1.54, 1.807) is 12.1 Å². The van der Waals surface area contributed by atoms with Gasteiger partial charge in [0.25, 0.3) is 5.69 Å². The molecule has 5 nitrogen and oxygen atoms in total. The number of benzene rings is 1. The first-order chi connectivity index (χ1) is 9.06. The lowest BCUT2D eigenvalue weighted by atomic mass is 9.77. The molecule has 5 heteroatoms. The SMILES string of the molecule is O=C(O)CC1CCC(c2cccc([N+](=O)[O-])c2)CC1. The van der Waals surface area contributed by atoms with Crippen molar-refractivity contribution in [3.05, 3.63) is 39.9 Å². The molecule has 0 amide bonds. The molecule has 1 saturated carbocycles. The van der Waals surface area contributed by atoms with Crippen LogP contribution in [0, 0.1) is 16.0 Å². The summed E-state index contributed by atoms with van der Waals surface area (Å²) in [5.41, 5.74) is 1.13. The molecule has 0 saturated heterocycles. The number of hydrogen-bond acceptors (Lipinski definition) is 3. The molecule has 1 N–H and O–H groups in total.